The highest BCUT2D eigenvalue weighted by Gasteiger charge is 2.13. The van der Waals surface area contributed by atoms with Crippen molar-refractivity contribution in [3.8, 4) is 22.6 Å². The summed E-state index contributed by atoms with van der Waals surface area (Å²) < 4.78 is 27.9. The normalized spacial score (nSPS) is 11.6. The number of esters is 2. The van der Waals surface area contributed by atoms with Crippen LogP contribution < -0.4 is 9.47 Å². The lowest BCUT2D eigenvalue weighted by Crippen LogP contribution is -2.11. The van der Waals surface area contributed by atoms with Gasteiger partial charge in [-0.15, -0.1) is 0 Å². The molecule has 1 unspecified atom stereocenters. The molecule has 1 atom stereocenters. The van der Waals surface area contributed by atoms with Crippen LogP contribution in [0.2, 0.25) is 0 Å². The van der Waals surface area contributed by atoms with Crippen LogP contribution in [0, 0.1) is 0 Å². The number of carbonyl (C=O) groups excluding carboxylic acids is 2. The second-order valence-electron chi connectivity index (χ2n) is 10.8. The van der Waals surface area contributed by atoms with E-state index in [-0.39, 0.29) is 12.1 Å². The summed E-state index contributed by atoms with van der Waals surface area (Å²) in [5.74, 6) is 0.578. The molecule has 0 aliphatic carbocycles. The first kappa shape index (κ1) is 34.8. The number of benzene rings is 3. The third-order valence-electron chi connectivity index (χ3n) is 7.17. The Morgan fingerprint density at radius 1 is 0.614 bits per heavy atom. The van der Waals surface area contributed by atoms with Crippen LogP contribution >= 0.6 is 0 Å². The summed E-state index contributed by atoms with van der Waals surface area (Å²) in [6.07, 6.45) is 7.72. The lowest BCUT2D eigenvalue weighted by Gasteiger charge is -2.14. The average molecular weight is 605 g/mol. The van der Waals surface area contributed by atoms with Gasteiger partial charge in [-0.05, 0) is 72.9 Å². The summed E-state index contributed by atoms with van der Waals surface area (Å²) in [4.78, 5) is 24.9. The van der Waals surface area contributed by atoms with Gasteiger partial charge < -0.3 is 23.7 Å². The number of hydrogen-bond acceptors (Lipinski definition) is 7. The Balaban J connectivity index is 1.39. The molecule has 0 aliphatic heterocycles. The van der Waals surface area contributed by atoms with Gasteiger partial charge in [-0.3, -0.25) is 4.79 Å². The van der Waals surface area contributed by atoms with Crippen LogP contribution in [0.5, 0.6) is 11.5 Å². The molecule has 0 amide bonds. The van der Waals surface area contributed by atoms with E-state index in [0.717, 1.165) is 61.2 Å². The van der Waals surface area contributed by atoms with Crippen molar-refractivity contribution in [2.75, 3.05) is 33.0 Å². The lowest BCUT2D eigenvalue weighted by atomic mass is 10.0. The highest BCUT2D eigenvalue weighted by molar-refractivity contribution is 5.91. The summed E-state index contributed by atoms with van der Waals surface area (Å²) in [5, 5.41) is 0. The molecular formula is C37H48O7. The van der Waals surface area contributed by atoms with E-state index in [4.69, 9.17) is 23.7 Å². The Kier molecular flexibility index (Phi) is 16.1. The predicted octanol–water partition coefficient (Wildman–Crippen LogP) is 8.75. The van der Waals surface area contributed by atoms with Crippen LogP contribution in [0.4, 0.5) is 0 Å². The maximum atomic E-state index is 12.7. The first-order valence-electron chi connectivity index (χ1n) is 16.0. The number of hydrogen-bond donors (Lipinski definition) is 0. The maximum absolute atomic E-state index is 12.7. The largest absolute Gasteiger partial charge is 0.491 e. The topological polar surface area (TPSA) is 80.3 Å². The van der Waals surface area contributed by atoms with Gasteiger partial charge in [-0.1, -0.05) is 82.3 Å². The summed E-state index contributed by atoms with van der Waals surface area (Å²) in [5.41, 5.74) is 3.30. The second-order valence-corrected chi connectivity index (χ2v) is 10.8. The van der Waals surface area contributed by atoms with Crippen molar-refractivity contribution in [3.05, 3.63) is 83.9 Å². The van der Waals surface area contributed by atoms with Gasteiger partial charge in [0.1, 0.15) is 24.2 Å². The molecule has 0 bridgehead atoms. The zero-order chi connectivity index (χ0) is 31.4. The molecule has 0 saturated heterocycles. The molecular weight excluding hydrogens is 556 g/mol. The van der Waals surface area contributed by atoms with Crippen molar-refractivity contribution in [1.29, 1.82) is 0 Å². The number of ether oxygens (including phenoxy) is 5. The van der Waals surface area contributed by atoms with Crippen LogP contribution in [0.15, 0.2) is 72.8 Å². The molecule has 3 rings (SSSR count). The fraction of sp³-hybridized carbons (Fsp3) is 0.459. The predicted molar refractivity (Wildman–Crippen MR) is 173 cm³/mol. The summed E-state index contributed by atoms with van der Waals surface area (Å²) in [6.45, 7) is 9.10. The summed E-state index contributed by atoms with van der Waals surface area (Å²) in [7, 11) is 0. The van der Waals surface area contributed by atoms with Crippen molar-refractivity contribution in [3.63, 3.8) is 0 Å². The summed E-state index contributed by atoms with van der Waals surface area (Å²) >= 11 is 0. The molecule has 0 radical (unpaired) electrons. The minimum absolute atomic E-state index is 0.183. The molecule has 0 heterocycles. The Morgan fingerprint density at radius 2 is 1.18 bits per heavy atom. The Bertz CT molecular complexity index is 1220. The van der Waals surface area contributed by atoms with E-state index in [1.165, 1.54) is 12.8 Å². The average Bonchev–Trinajstić information content (AvgIpc) is 3.04. The Labute approximate surface area is 262 Å². The first-order chi connectivity index (χ1) is 21.5. The smallest absolute Gasteiger partial charge is 0.343 e. The molecule has 0 saturated carbocycles. The molecule has 7 heteroatoms. The van der Waals surface area contributed by atoms with Gasteiger partial charge in [0.25, 0.3) is 0 Å². The molecule has 3 aromatic carbocycles. The third kappa shape index (κ3) is 12.9. The molecule has 0 aromatic heterocycles. The van der Waals surface area contributed by atoms with Crippen LogP contribution in [0.3, 0.4) is 0 Å². The number of rotatable bonds is 21. The molecule has 7 nitrogen and oxygen atoms in total. The first-order valence-corrected chi connectivity index (χ1v) is 16.0. The highest BCUT2D eigenvalue weighted by Crippen LogP contribution is 2.25. The van der Waals surface area contributed by atoms with Gasteiger partial charge >= 0.3 is 11.9 Å². The van der Waals surface area contributed by atoms with Crippen molar-refractivity contribution < 1.29 is 33.3 Å². The van der Waals surface area contributed by atoms with Crippen LogP contribution in [0.25, 0.3) is 11.1 Å². The monoisotopic (exact) mass is 604 g/mol. The SMILES string of the molecule is CCCCCCCC(=O)OC(C)c1ccc(OC(=O)c2ccc(-c3ccc(OCCOCCOCCCC)cc3)cc2)cc1. The zero-order valence-corrected chi connectivity index (χ0v) is 26.6. The van der Waals surface area contributed by atoms with E-state index in [9.17, 15) is 9.59 Å². The van der Waals surface area contributed by atoms with Gasteiger partial charge in [0.2, 0.25) is 0 Å². The van der Waals surface area contributed by atoms with Crippen LogP contribution in [0.1, 0.15) is 94.2 Å². The van der Waals surface area contributed by atoms with Gasteiger partial charge in [-0.25, -0.2) is 4.79 Å². The molecule has 3 aromatic rings. The van der Waals surface area contributed by atoms with Crippen molar-refractivity contribution in [2.45, 2.75) is 78.2 Å². The molecule has 0 fully saturated rings. The minimum atomic E-state index is -0.440. The van der Waals surface area contributed by atoms with E-state index in [0.29, 0.717) is 44.2 Å². The van der Waals surface area contributed by atoms with E-state index < -0.39 is 5.97 Å². The van der Waals surface area contributed by atoms with Gasteiger partial charge in [0.15, 0.2) is 0 Å². The van der Waals surface area contributed by atoms with Crippen molar-refractivity contribution in [2.24, 2.45) is 0 Å². The van der Waals surface area contributed by atoms with E-state index in [1.54, 1.807) is 24.3 Å². The van der Waals surface area contributed by atoms with E-state index >= 15 is 0 Å². The van der Waals surface area contributed by atoms with Gasteiger partial charge in [0, 0.05) is 13.0 Å². The molecule has 0 aliphatic rings. The van der Waals surface area contributed by atoms with Crippen molar-refractivity contribution >= 4 is 11.9 Å². The van der Waals surface area contributed by atoms with Gasteiger partial charge in [0.05, 0.1) is 25.4 Å². The third-order valence-corrected chi connectivity index (χ3v) is 7.17. The maximum Gasteiger partial charge on any atom is 0.343 e. The number of carbonyl (C=O) groups is 2. The van der Waals surface area contributed by atoms with E-state index in [1.807, 2.05) is 55.5 Å². The molecule has 238 valence electrons. The zero-order valence-electron chi connectivity index (χ0n) is 26.6. The Morgan fingerprint density at radius 3 is 1.84 bits per heavy atom. The number of unbranched alkanes of at least 4 members (excludes halogenated alkanes) is 5. The Hall–Kier alpha value is -3.68. The van der Waals surface area contributed by atoms with E-state index in [2.05, 4.69) is 13.8 Å². The molecule has 0 spiro atoms. The quantitative estimate of drug-likeness (QED) is 0.0683. The standard InChI is InChI=1S/C37H48O7/c1-4-6-8-9-10-11-36(38)43-29(3)30-16-22-35(23-17-30)44-37(39)33-14-12-31(13-15-33)32-18-20-34(21-19-32)42-28-27-41-26-25-40-24-7-5-2/h12-23,29H,4-11,24-28H2,1-3H3. The molecule has 0 N–H and O–H groups in total. The minimum Gasteiger partial charge on any atom is -0.491 e. The van der Waals surface area contributed by atoms with Gasteiger partial charge in [-0.2, -0.15) is 0 Å². The van der Waals surface area contributed by atoms with Crippen LogP contribution in [-0.2, 0) is 19.0 Å². The highest BCUT2D eigenvalue weighted by atomic mass is 16.5. The second kappa shape index (κ2) is 20.3. The van der Waals surface area contributed by atoms with Crippen molar-refractivity contribution in [1.82, 2.24) is 0 Å². The molecule has 44 heavy (non-hydrogen) atoms. The van der Waals surface area contributed by atoms with Crippen LogP contribution in [-0.4, -0.2) is 45.0 Å². The lowest BCUT2D eigenvalue weighted by molar-refractivity contribution is -0.148. The fourth-order valence-electron chi connectivity index (χ4n) is 4.50. The summed E-state index contributed by atoms with van der Waals surface area (Å²) in [6, 6.07) is 22.2. The fourth-order valence-corrected chi connectivity index (χ4v) is 4.50.